The van der Waals surface area contributed by atoms with Crippen LogP contribution in [0.3, 0.4) is 0 Å². The standard InChI is InChI=1S/C11H14O4/c1-8-4-6-9(7-5-8)15-11(14-3)10(12)13-2/h4-7,11H,1-3H3. The van der Waals surface area contributed by atoms with Crippen LogP contribution in [0.25, 0.3) is 0 Å². The van der Waals surface area contributed by atoms with E-state index in [4.69, 9.17) is 9.47 Å². The van der Waals surface area contributed by atoms with Crippen LogP contribution in [0.2, 0.25) is 0 Å². The Balaban J connectivity index is 2.66. The normalized spacial score (nSPS) is 11.9. The molecule has 0 aromatic heterocycles. The smallest absolute Gasteiger partial charge is 0.376 e. The van der Waals surface area contributed by atoms with Gasteiger partial charge in [0.2, 0.25) is 0 Å². The molecule has 0 bridgehead atoms. The molecule has 0 spiro atoms. The minimum absolute atomic E-state index is 0.557. The number of carbonyl (C=O) groups is 1. The average molecular weight is 210 g/mol. The summed E-state index contributed by atoms with van der Waals surface area (Å²) in [6.45, 7) is 1.97. The van der Waals surface area contributed by atoms with Crippen LogP contribution in [-0.2, 0) is 14.3 Å². The Hall–Kier alpha value is -1.55. The van der Waals surface area contributed by atoms with Gasteiger partial charge in [-0.15, -0.1) is 0 Å². The third-order valence-corrected chi connectivity index (χ3v) is 1.87. The van der Waals surface area contributed by atoms with Crippen LogP contribution < -0.4 is 4.74 Å². The topological polar surface area (TPSA) is 44.8 Å². The molecular formula is C11H14O4. The van der Waals surface area contributed by atoms with Gasteiger partial charge in [0.1, 0.15) is 5.75 Å². The first-order chi connectivity index (χ1) is 7.17. The fourth-order valence-electron chi connectivity index (χ4n) is 1.03. The van der Waals surface area contributed by atoms with E-state index < -0.39 is 12.3 Å². The van der Waals surface area contributed by atoms with E-state index in [1.165, 1.54) is 14.2 Å². The molecule has 1 aromatic rings. The maximum atomic E-state index is 11.1. The van der Waals surface area contributed by atoms with Gasteiger partial charge >= 0.3 is 5.97 Å². The van der Waals surface area contributed by atoms with Crippen molar-refractivity contribution in [1.82, 2.24) is 0 Å². The molecule has 0 saturated carbocycles. The van der Waals surface area contributed by atoms with Crippen molar-refractivity contribution in [2.75, 3.05) is 14.2 Å². The number of aryl methyl sites for hydroxylation is 1. The Labute approximate surface area is 88.8 Å². The van der Waals surface area contributed by atoms with Crippen molar-refractivity contribution in [3.63, 3.8) is 0 Å². The predicted molar refractivity (Wildman–Crippen MR) is 54.6 cm³/mol. The molecule has 0 aliphatic carbocycles. The fraction of sp³-hybridized carbons (Fsp3) is 0.364. The van der Waals surface area contributed by atoms with E-state index in [9.17, 15) is 4.79 Å². The molecule has 1 aromatic carbocycles. The van der Waals surface area contributed by atoms with Crippen LogP contribution in [0.15, 0.2) is 24.3 Å². The molecule has 0 aliphatic heterocycles. The second-order valence-corrected chi connectivity index (χ2v) is 3.02. The average Bonchev–Trinajstić information content (AvgIpc) is 2.27. The zero-order chi connectivity index (χ0) is 11.3. The maximum absolute atomic E-state index is 11.1. The van der Waals surface area contributed by atoms with E-state index in [-0.39, 0.29) is 0 Å². The van der Waals surface area contributed by atoms with Crippen molar-refractivity contribution in [3.8, 4) is 5.75 Å². The van der Waals surface area contributed by atoms with Gasteiger partial charge < -0.3 is 14.2 Å². The lowest BCUT2D eigenvalue weighted by molar-refractivity contribution is -0.170. The van der Waals surface area contributed by atoms with Crippen LogP contribution >= 0.6 is 0 Å². The first-order valence-corrected chi connectivity index (χ1v) is 4.51. The lowest BCUT2D eigenvalue weighted by atomic mass is 10.2. The number of methoxy groups -OCH3 is 2. The van der Waals surface area contributed by atoms with Gasteiger partial charge in [0, 0.05) is 7.11 Å². The Kier molecular flexibility index (Phi) is 4.12. The van der Waals surface area contributed by atoms with Crippen molar-refractivity contribution in [2.24, 2.45) is 0 Å². The van der Waals surface area contributed by atoms with E-state index in [2.05, 4.69) is 4.74 Å². The SMILES string of the molecule is COC(=O)C(OC)Oc1ccc(C)cc1. The highest BCUT2D eigenvalue weighted by Crippen LogP contribution is 2.13. The van der Waals surface area contributed by atoms with Gasteiger partial charge in [-0.1, -0.05) is 17.7 Å². The summed E-state index contributed by atoms with van der Waals surface area (Å²) in [4.78, 5) is 11.1. The lowest BCUT2D eigenvalue weighted by Gasteiger charge is -2.14. The quantitative estimate of drug-likeness (QED) is 0.558. The van der Waals surface area contributed by atoms with Crippen molar-refractivity contribution in [1.29, 1.82) is 0 Å². The highest BCUT2D eigenvalue weighted by atomic mass is 16.7. The van der Waals surface area contributed by atoms with Crippen LogP contribution in [0, 0.1) is 6.92 Å². The molecule has 0 saturated heterocycles. The number of rotatable bonds is 4. The lowest BCUT2D eigenvalue weighted by Crippen LogP contribution is -2.30. The highest BCUT2D eigenvalue weighted by molar-refractivity contribution is 5.73. The van der Waals surface area contributed by atoms with Crippen molar-refractivity contribution in [2.45, 2.75) is 13.2 Å². The summed E-state index contributed by atoms with van der Waals surface area (Å²) in [6.07, 6.45) is -1.02. The van der Waals surface area contributed by atoms with Gasteiger partial charge in [-0.2, -0.15) is 0 Å². The number of ether oxygens (including phenoxy) is 3. The third-order valence-electron chi connectivity index (χ3n) is 1.87. The Bertz CT molecular complexity index is 318. The number of hydrogen-bond donors (Lipinski definition) is 0. The van der Waals surface area contributed by atoms with Crippen LogP contribution in [0.1, 0.15) is 5.56 Å². The molecule has 0 amide bonds. The molecule has 4 heteroatoms. The van der Waals surface area contributed by atoms with Gasteiger partial charge in [-0.25, -0.2) is 4.79 Å². The first kappa shape index (κ1) is 11.5. The van der Waals surface area contributed by atoms with Crippen molar-refractivity contribution < 1.29 is 19.0 Å². The summed E-state index contributed by atoms with van der Waals surface area (Å²) in [5, 5.41) is 0. The summed E-state index contributed by atoms with van der Waals surface area (Å²) >= 11 is 0. The second-order valence-electron chi connectivity index (χ2n) is 3.02. The molecule has 1 unspecified atom stereocenters. The second kappa shape index (κ2) is 5.36. The molecular weight excluding hydrogens is 196 g/mol. The van der Waals surface area contributed by atoms with Crippen LogP contribution in [0.4, 0.5) is 0 Å². The number of esters is 1. The molecule has 0 fully saturated rings. The van der Waals surface area contributed by atoms with Gasteiger partial charge in [-0.05, 0) is 19.1 Å². The molecule has 1 atom stereocenters. The maximum Gasteiger partial charge on any atom is 0.376 e. The molecule has 0 radical (unpaired) electrons. The van der Waals surface area contributed by atoms with Gasteiger partial charge in [0.25, 0.3) is 6.29 Å². The van der Waals surface area contributed by atoms with Crippen molar-refractivity contribution in [3.05, 3.63) is 29.8 Å². The molecule has 0 aliphatic rings. The van der Waals surface area contributed by atoms with Crippen LogP contribution in [-0.4, -0.2) is 26.5 Å². The van der Waals surface area contributed by atoms with E-state index in [1.807, 2.05) is 19.1 Å². The zero-order valence-corrected chi connectivity index (χ0v) is 9.02. The third kappa shape index (κ3) is 3.25. The number of carbonyl (C=O) groups excluding carboxylic acids is 1. The molecule has 15 heavy (non-hydrogen) atoms. The predicted octanol–water partition coefficient (Wildman–Crippen LogP) is 1.52. The van der Waals surface area contributed by atoms with E-state index in [1.54, 1.807) is 12.1 Å². The Morgan fingerprint density at radius 2 is 1.80 bits per heavy atom. The molecule has 4 nitrogen and oxygen atoms in total. The minimum Gasteiger partial charge on any atom is -0.464 e. The summed E-state index contributed by atoms with van der Waals surface area (Å²) in [7, 11) is 2.67. The summed E-state index contributed by atoms with van der Waals surface area (Å²) in [6, 6.07) is 7.31. The number of benzene rings is 1. The first-order valence-electron chi connectivity index (χ1n) is 4.51. The zero-order valence-electron chi connectivity index (χ0n) is 9.02. The van der Waals surface area contributed by atoms with E-state index in [0.29, 0.717) is 5.75 Å². The largest absolute Gasteiger partial charge is 0.464 e. The van der Waals surface area contributed by atoms with Crippen LogP contribution in [0.5, 0.6) is 5.75 Å². The summed E-state index contributed by atoms with van der Waals surface area (Å²) in [5.41, 5.74) is 1.12. The minimum atomic E-state index is -1.02. The Morgan fingerprint density at radius 1 is 1.20 bits per heavy atom. The molecule has 0 heterocycles. The molecule has 0 N–H and O–H groups in total. The number of hydrogen-bond acceptors (Lipinski definition) is 4. The van der Waals surface area contributed by atoms with E-state index >= 15 is 0 Å². The molecule has 1 rings (SSSR count). The van der Waals surface area contributed by atoms with E-state index in [0.717, 1.165) is 5.56 Å². The van der Waals surface area contributed by atoms with Gasteiger partial charge in [-0.3, -0.25) is 0 Å². The summed E-state index contributed by atoms with van der Waals surface area (Å²) < 4.78 is 14.6. The fourth-order valence-corrected chi connectivity index (χ4v) is 1.03. The van der Waals surface area contributed by atoms with Gasteiger partial charge in [0.05, 0.1) is 7.11 Å². The highest BCUT2D eigenvalue weighted by Gasteiger charge is 2.19. The monoisotopic (exact) mass is 210 g/mol. The van der Waals surface area contributed by atoms with Crippen molar-refractivity contribution >= 4 is 5.97 Å². The van der Waals surface area contributed by atoms with Gasteiger partial charge in [0.15, 0.2) is 0 Å². The summed E-state index contributed by atoms with van der Waals surface area (Å²) in [5.74, 6) is 0.0101. The molecule has 82 valence electrons. The Morgan fingerprint density at radius 3 is 2.27 bits per heavy atom.